The Morgan fingerprint density at radius 2 is 1.03 bits per heavy atom. The van der Waals surface area contributed by atoms with Crippen molar-refractivity contribution in [3.63, 3.8) is 0 Å². The van der Waals surface area contributed by atoms with E-state index in [2.05, 4.69) is 21.3 Å². The molecule has 1 fully saturated rings. The molecule has 0 saturated carbocycles. The van der Waals surface area contributed by atoms with Crippen molar-refractivity contribution < 1.29 is 55.8 Å². The summed E-state index contributed by atoms with van der Waals surface area (Å²) in [4.78, 5) is 137. The van der Waals surface area contributed by atoms with E-state index in [1.807, 2.05) is 60.3 Å². The average Bonchev–Trinajstić information content (AvgIpc) is 3.30. The minimum Gasteiger partial charge on any atom is -0.338 e. The van der Waals surface area contributed by atoms with E-state index in [0.717, 1.165) is 30.8 Å². The molecule has 4 N–H and O–H groups in total. The van der Waals surface area contributed by atoms with E-state index in [4.69, 9.17) is 4.18 Å². The zero-order valence-corrected chi connectivity index (χ0v) is 49.8. The third kappa shape index (κ3) is 20.5. The molecular formula is C51H95N11O12S. The Bertz CT molecular complexity index is 2090. The predicted molar refractivity (Wildman–Crippen MR) is 287 cm³/mol. The van der Waals surface area contributed by atoms with Crippen LogP contribution in [-0.2, 0) is 43.1 Å². The van der Waals surface area contributed by atoms with Crippen molar-refractivity contribution in [3.05, 3.63) is 0 Å². The maximum atomic E-state index is 14.7. The highest BCUT2D eigenvalue weighted by Gasteiger charge is 2.42. The van der Waals surface area contributed by atoms with E-state index >= 15 is 0 Å². The summed E-state index contributed by atoms with van der Waals surface area (Å²) in [6.45, 7) is 23.4. The van der Waals surface area contributed by atoms with Crippen molar-refractivity contribution in [2.45, 2.75) is 177 Å². The molecule has 0 bridgehead atoms. The van der Waals surface area contributed by atoms with Gasteiger partial charge < -0.3 is 29.8 Å². The second-order valence-corrected chi connectivity index (χ2v) is 24.2. The van der Waals surface area contributed by atoms with Crippen LogP contribution < -0.4 is 21.3 Å². The summed E-state index contributed by atoms with van der Waals surface area (Å²) in [5.41, 5.74) is 0. The molecule has 12 amide bonds. The molecule has 4 unspecified atom stereocenters. The molecule has 1 rings (SSSR count). The van der Waals surface area contributed by atoms with Crippen LogP contribution in [0.2, 0.25) is 0 Å². The van der Waals surface area contributed by atoms with Gasteiger partial charge in [0.15, 0.2) is 0 Å². The molecule has 24 heteroatoms. The number of likely N-dealkylation sites (N-methyl/N-ethyl adjacent to an activating group) is 6. The fourth-order valence-corrected chi connectivity index (χ4v) is 9.54. The third-order valence-electron chi connectivity index (χ3n) is 13.8. The second kappa shape index (κ2) is 30.1. The third-order valence-corrected chi connectivity index (χ3v) is 14.4. The number of carbonyl (C=O) groups is 9. The smallest absolute Gasteiger partial charge is 0.326 e. The van der Waals surface area contributed by atoms with Crippen LogP contribution in [0, 0.1) is 35.5 Å². The van der Waals surface area contributed by atoms with E-state index in [9.17, 15) is 51.6 Å². The van der Waals surface area contributed by atoms with Gasteiger partial charge in [-0.25, -0.2) is 14.4 Å². The van der Waals surface area contributed by atoms with E-state index in [-0.39, 0.29) is 61.9 Å². The molecule has 9 atom stereocenters. The molecule has 1 aliphatic heterocycles. The average molecular weight is 1090 g/mol. The normalized spacial score (nSPS) is 26.0. The van der Waals surface area contributed by atoms with Crippen LogP contribution in [-0.4, -0.2) is 207 Å². The Morgan fingerprint density at radius 3 is 1.52 bits per heavy atom. The van der Waals surface area contributed by atoms with Crippen LogP contribution >= 0.6 is 0 Å². The summed E-state index contributed by atoms with van der Waals surface area (Å²) in [6.07, 6.45) is 1.17. The van der Waals surface area contributed by atoms with Crippen LogP contribution in [0.15, 0.2) is 0 Å². The summed E-state index contributed by atoms with van der Waals surface area (Å²) in [7, 11) is 6.12. The van der Waals surface area contributed by atoms with Gasteiger partial charge in [0.2, 0.25) is 23.6 Å². The lowest BCUT2D eigenvalue weighted by Crippen LogP contribution is -2.63. The zero-order valence-electron chi connectivity index (χ0n) is 49.0. The molecule has 75 heavy (non-hydrogen) atoms. The van der Waals surface area contributed by atoms with Gasteiger partial charge in [-0.3, -0.25) is 58.7 Å². The molecule has 0 radical (unpaired) electrons. The quantitative estimate of drug-likeness (QED) is 0.135. The highest BCUT2D eigenvalue weighted by atomic mass is 32.2. The van der Waals surface area contributed by atoms with Gasteiger partial charge in [-0.1, -0.05) is 76.2 Å². The Morgan fingerprint density at radius 1 is 0.547 bits per heavy atom. The van der Waals surface area contributed by atoms with Gasteiger partial charge in [-0.2, -0.15) is 8.42 Å². The molecule has 1 aliphatic rings. The lowest BCUT2D eigenvalue weighted by Gasteiger charge is -2.41. The summed E-state index contributed by atoms with van der Waals surface area (Å²) >= 11 is 0. The van der Waals surface area contributed by atoms with Gasteiger partial charge in [-0.15, -0.1) is 0 Å². The first-order valence-corrected chi connectivity index (χ1v) is 28.0. The van der Waals surface area contributed by atoms with Gasteiger partial charge in [0.05, 0.1) is 31.2 Å². The van der Waals surface area contributed by atoms with Crippen molar-refractivity contribution in [2.24, 2.45) is 35.5 Å². The Kier molecular flexibility index (Phi) is 27.3. The summed E-state index contributed by atoms with van der Waals surface area (Å²) < 4.78 is 28.2. The molecule has 0 aliphatic carbocycles. The number of hydrogen-bond acceptors (Lipinski definition) is 14. The second-order valence-electron chi connectivity index (χ2n) is 22.6. The highest BCUT2D eigenvalue weighted by molar-refractivity contribution is 7.85. The molecule has 1 saturated heterocycles. The first-order valence-electron chi connectivity index (χ1n) is 26.2. The topological polar surface area (TPSA) is 268 Å². The van der Waals surface area contributed by atoms with Crippen LogP contribution in [0.25, 0.3) is 0 Å². The van der Waals surface area contributed by atoms with Crippen LogP contribution in [0.5, 0.6) is 0 Å². The lowest BCUT2D eigenvalue weighted by molar-refractivity contribution is -0.144. The van der Waals surface area contributed by atoms with E-state index < -0.39 is 118 Å². The number of urea groups is 3. The standard InChI is InChI=1S/C51H95N11O12S/c1-29(2)25-37-44(64)53-42(33(9)10)60(18)40(27-31(5)6)52-35(12)43(63)54-50(70)59(17)39(26-30(3)4)47(67)62(20)51(71)61(19)41(32(7)8)48(68)58(16)38(28-34(11)23-22-24-74-75(21,72)73)45(65)55-49(69)56(14)36(13)46(66)57(37)15/h29-42,52H,22-28H2,1-21H3,(H,53,64)(H,54,63,70)(H,55,65,69)/t34-,35?,36-,37+,38?,39-,40-,41?,42?/m1/s1. The number of nitrogens with one attached hydrogen (secondary N) is 4. The fraction of sp³-hybridized carbons (Fsp3) is 0.824. The van der Waals surface area contributed by atoms with E-state index in [1.54, 1.807) is 34.7 Å². The molecule has 432 valence electrons. The Hall–Kier alpha value is -4.94. The molecule has 0 aromatic heterocycles. The number of hydrogen-bond donors (Lipinski definition) is 4. The fourth-order valence-electron chi connectivity index (χ4n) is 9.12. The van der Waals surface area contributed by atoms with Gasteiger partial charge in [-0.05, 0) is 94.9 Å². The summed E-state index contributed by atoms with van der Waals surface area (Å²) in [5.74, 6) is -5.52. The number of nitrogens with zero attached hydrogens (tertiary/aromatic N) is 7. The van der Waals surface area contributed by atoms with Gasteiger partial charge in [0, 0.05) is 42.3 Å². The van der Waals surface area contributed by atoms with Crippen LogP contribution in [0.3, 0.4) is 0 Å². The number of rotatable bonds is 15. The predicted octanol–water partition coefficient (Wildman–Crippen LogP) is 3.54. The van der Waals surface area contributed by atoms with E-state index in [0.29, 0.717) is 12.8 Å². The van der Waals surface area contributed by atoms with Crippen LogP contribution in [0.1, 0.15) is 129 Å². The number of amides is 12. The molecular weight excluding hydrogens is 991 g/mol. The van der Waals surface area contributed by atoms with Crippen LogP contribution in [0.4, 0.5) is 14.4 Å². The van der Waals surface area contributed by atoms with Gasteiger partial charge in [0.1, 0.15) is 30.2 Å². The summed E-state index contributed by atoms with van der Waals surface area (Å²) in [5, 5.41) is 11.2. The summed E-state index contributed by atoms with van der Waals surface area (Å²) in [6, 6.07) is -9.87. The lowest BCUT2D eigenvalue weighted by atomic mass is 9.94. The van der Waals surface area contributed by atoms with E-state index in [1.165, 1.54) is 54.1 Å². The van der Waals surface area contributed by atoms with Crippen molar-refractivity contribution in [3.8, 4) is 0 Å². The molecule has 23 nitrogen and oxygen atoms in total. The monoisotopic (exact) mass is 1090 g/mol. The molecule has 1 heterocycles. The minimum absolute atomic E-state index is 0.0403. The highest BCUT2D eigenvalue weighted by Crippen LogP contribution is 2.24. The van der Waals surface area contributed by atoms with Gasteiger partial charge >= 0.3 is 18.1 Å². The van der Waals surface area contributed by atoms with Crippen molar-refractivity contribution in [1.29, 1.82) is 0 Å². The first-order chi connectivity index (χ1) is 34.4. The number of carbonyl (C=O) groups excluding carboxylic acids is 9. The SMILES string of the molecule is CC(C)C[C@@H]1C(=O)N(C)C(=O)N(C)C(C(C)C)C(=O)N(C)C(C[C@H](C)CCCOS(C)(=O)=O)C(=O)NC(=O)N(C)[C@H](C)C(=O)N(C)[C@@H](CC(C)C)C(=O)NC(C(C)C)N(C)[C@H](CC(C)C)NC(C)C(=O)NC(=O)N1C. The van der Waals surface area contributed by atoms with Crippen molar-refractivity contribution in [2.75, 3.05) is 62.2 Å². The Labute approximate surface area is 448 Å². The largest absolute Gasteiger partial charge is 0.338 e. The molecule has 0 aromatic rings. The maximum Gasteiger partial charge on any atom is 0.326 e. The van der Waals surface area contributed by atoms with Crippen molar-refractivity contribution in [1.82, 2.24) is 55.6 Å². The zero-order chi connectivity index (χ0) is 58.3. The molecule has 0 spiro atoms. The maximum absolute atomic E-state index is 14.7. The van der Waals surface area contributed by atoms with Gasteiger partial charge in [0.25, 0.3) is 21.9 Å². The minimum atomic E-state index is -3.72. The molecule has 0 aromatic carbocycles. The number of imide groups is 3. The first kappa shape index (κ1) is 68.1. The Balaban J connectivity index is 4.13. The van der Waals surface area contributed by atoms with Crippen molar-refractivity contribution >= 4 is 63.7 Å².